The summed E-state index contributed by atoms with van der Waals surface area (Å²) in [4.78, 5) is 54.3. The summed E-state index contributed by atoms with van der Waals surface area (Å²) in [6.45, 7) is 3.02. The Morgan fingerprint density at radius 2 is 1.69 bits per heavy atom. The lowest BCUT2D eigenvalue weighted by molar-refractivity contribution is -0.136. The van der Waals surface area contributed by atoms with Gasteiger partial charge in [0, 0.05) is 35.7 Å². The van der Waals surface area contributed by atoms with Crippen molar-refractivity contribution in [3.63, 3.8) is 0 Å². The maximum atomic E-state index is 14.1. The van der Waals surface area contributed by atoms with E-state index in [1.54, 1.807) is 56.4 Å². The number of halogens is 1. The number of aromatic nitrogens is 3. The number of hydrogen-bond acceptors (Lipinski definition) is 9. The number of carbonyl (C=O) groups excluding carboxylic acids is 3. The van der Waals surface area contributed by atoms with Crippen LogP contribution in [0.15, 0.2) is 85.2 Å². The van der Waals surface area contributed by atoms with Crippen molar-refractivity contribution in [1.29, 1.82) is 0 Å². The largest absolute Gasteiger partial charge is 0.478 e. The molecular formula is C33H35ClN5O8P. The number of aromatic carboxylic acids is 1. The first-order valence-electron chi connectivity index (χ1n) is 15.1. The van der Waals surface area contributed by atoms with Gasteiger partial charge in [0.25, 0.3) is 0 Å². The molecule has 0 spiro atoms. The maximum absolute atomic E-state index is 14.1. The van der Waals surface area contributed by atoms with Crippen molar-refractivity contribution in [2.24, 2.45) is 0 Å². The van der Waals surface area contributed by atoms with Crippen LogP contribution in [0.2, 0.25) is 5.02 Å². The van der Waals surface area contributed by atoms with Crippen LogP contribution in [-0.4, -0.2) is 80.5 Å². The normalized spacial score (nSPS) is 11.9. The Morgan fingerprint density at radius 3 is 2.29 bits per heavy atom. The zero-order valence-corrected chi connectivity index (χ0v) is 28.0. The molecule has 0 aliphatic heterocycles. The van der Waals surface area contributed by atoms with E-state index < -0.39 is 43.4 Å². The molecule has 1 aromatic heterocycles. The highest BCUT2D eigenvalue weighted by molar-refractivity contribution is 7.54. The second-order valence-corrected chi connectivity index (χ2v) is 12.9. The molecule has 0 fully saturated rings. The van der Waals surface area contributed by atoms with Crippen molar-refractivity contribution >= 4 is 48.5 Å². The maximum Gasteiger partial charge on any atom is 0.340 e. The zero-order valence-electron chi connectivity index (χ0n) is 26.3. The lowest BCUT2D eigenvalue weighted by Crippen LogP contribution is -2.50. The number of rotatable bonds is 17. The summed E-state index contributed by atoms with van der Waals surface area (Å²) in [6, 6.07) is 18.0. The van der Waals surface area contributed by atoms with Crippen LogP contribution < -0.4 is 5.32 Å². The van der Waals surface area contributed by atoms with Gasteiger partial charge in [0.2, 0.25) is 11.8 Å². The molecule has 0 bridgehead atoms. The highest BCUT2D eigenvalue weighted by atomic mass is 35.5. The summed E-state index contributed by atoms with van der Waals surface area (Å²) in [5, 5.41) is 20.1. The second-order valence-electron chi connectivity index (χ2n) is 10.5. The fourth-order valence-corrected chi connectivity index (χ4v) is 6.69. The molecule has 1 unspecified atom stereocenters. The lowest BCUT2D eigenvalue weighted by Gasteiger charge is -2.32. The summed E-state index contributed by atoms with van der Waals surface area (Å²) in [5.41, 5.74) is 1.66. The number of amides is 2. The van der Waals surface area contributed by atoms with E-state index in [-0.39, 0.29) is 49.4 Å². The summed E-state index contributed by atoms with van der Waals surface area (Å²) >= 11 is 6.25. The molecule has 0 aliphatic carbocycles. The summed E-state index contributed by atoms with van der Waals surface area (Å²) in [7, 11) is -3.92. The molecule has 4 rings (SSSR count). The Labute approximate surface area is 282 Å². The molecule has 2 amide bonds. The van der Waals surface area contributed by atoms with Gasteiger partial charge in [-0.25, -0.2) is 9.48 Å². The Morgan fingerprint density at radius 1 is 1.00 bits per heavy atom. The first-order chi connectivity index (χ1) is 23.0. The fourth-order valence-electron chi connectivity index (χ4n) is 4.96. The third-order valence-electron chi connectivity index (χ3n) is 7.16. The SMILES string of the molecule is CCOP(=O)(CC(=O)N(CCC(=O)c1cc(Cl)ccc1-n1ccnn1)C(Cc1ccccc1)C(=O)Nc1ccc(C(=O)O)cc1)OCC. The van der Waals surface area contributed by atoms with Crippen LogP contribution in [0, 0.1) is 0 Å². The van der Waals surface area contributed by atoms with E-state index >= 15 is 0 Å². The monoisotopic (exact) mass is 695 g/mol. The molecule has 4 aromatic rings. The van der Waals surface area contributed by atoms with Crippen LogP contribution in [-0.2, 0) is 29.6 Å². The van der Waals surface area contributed by atoms with Gasteiger partial charge < -0.3 is 24.4 Å². The lowest BCUT2D eigenvalue weighted by atomic mass is 10.0. The molecule has 0 saturated carbocycles. The van der Waals surface area contributed by atoms with Gasteiger partial charge in [-0.3, -0.25) is 18.9 Å². The summed E-state index contributed by atoms with van der Waals surface area (Å²) < 4.78 is 25.7. The molecule has 13 nitrogen and oxygen atoms in total. The van der Waals surface area contributed by atoms with Crippen molar-refractivity contribution in [3.8, 4) is 5.69 Å². The van der Waals surface area contributed by atoms with Gasteiger partial charge in [-0.1, -0.05) is 47.1 Å². The number of Topliss-reactive ketones (excluding diaryl/α,β-unsaturated/α-hetero) is 1. The van der Waals surface area contributed by atoms with E-state index in [4.69, 9.17) is 20.6 Å². The van der Waals surface area contributed by atoms with Crippen molar-refractivity contribution in [3.05, 3.63) is 107 Å². The number of nitrogens with zero attached hydrogens (tertiary/aromatic N) is 4. The summed E-state index contributed by atoms with van der Waals surface area (Å²) in [5.74, 6) is -2.87. The van der Waals surface area contributed by atoms with Crippen LogP contribution >= 0.6 is 19.2 Å². The Bertz CT molecular complexity index is 1760. The number of ketones is 1. The van der Waals surface area contributed by atoms with E-state index in [2.05, 4.69) is 15.6 Å². The molecule has 48 heavy (non-hydrogen) atoms. The second kappa shape index (κ2) is 16.9. The zero-order chi connectivity index (χ0) is 34.7. The predicted molar refractivity (Wildman–Crippen MR) is 179 cm³/mol. The number of hydrogen-bond donors (Lipinski definition) is 2. The Hall–Kier alpha value is -4.68. The smallest absolute Gasteiger partial charge is 0.340 e. The average Bonchev–Trinajstić information content (AvgIpc) is 3.60. The topological polar surface area (TPSA) is 170 Å². The first-order valence-corrected chi connectivity index (χ1v) is 17.2. The van der Waals surface area contributed by atoms with Crippen LogP contribution in [0.3, 0.4) is 0 Å². The van der Waals surface area contributed by atoms with E-state index in [0.717, 1.165) is 0 Å². The summed E-state index contributed by atoms with van der Waals surface area (Å²) in [6.07, 6.45) is 2.15. The molecule has 0 aliphatic rings. The van der Waals surface area contributed by atoms with Crippen molar-refractivity contribution in [1.82, 2.24) is 19.9 Å². The molecule has 1 heterocycles. The van der Waals surface area contributed by atoms with Crippen molar-refractivity contribution < 1.29 is 37.9 Å². The Balaban J connectivity index is 1.71. The third kappa shape index (κ3) is 9.68. The first kappa shape index (κ1) is 36.2. The van der Waals surface area contributed by atoms with E-state index in [1.165, 1.54) is 46.1 Å². The van der Waals surface area contributed by atoms with Gasteiger partial charge in [0.1, 0.15) is 12.2 Å². The molecule has 0 saturated heterocycles. The predicted octanol–water partition coefficient (Wildman–Crippen LogP) is 5.54. The number of carboxylic acids is 1. The third-order valence-corrected chi connectivity index (χ3v) is 9.36. The van der Waals surface area contributed by atoms with Crippen LogP contribution in [0.1, 0.15) is 46.5 Å². The number of anilines is 1. The van der Waals surface area contributed by atoms with Crippen LogP contribution in [0.5, 0.6) is 0 Å². The van der Waals surface area contributed by atoms with Gasteiger partial charge >= 0.3 is 13.6 Å². The van der Waals surface area contributed by atoms with Gasteiger partial charge in [-0.05, 0) is 61.9 Å². The minimum atomic E-state index is -3.92. The van der Waals surface area contributed by atoms with Crippen molar-refractivity contribution in [2.75, 3.05) is 31.2 Å². The number of benzene rings is 3. The molecular weight excluding hydrogens is 661 g/mol. The van der Waals surface area contributed by atoms with Crippen LogP contribution in [0.25, 0.3) is 5.69 Å². The quantitative estimate of drug-likeness (QED) is 0.106. The van der Waals surface area contributed by atoms with E-state index in [0.29, 0.717) is 16.3 Å². The van der Waals surface area contributed by atoms with Crippen molar-refractivity contribution in [2.45, 2.75) is 32.7 Å². The number of carboxylic acid groups (broad SMARTS) is 1. The molecule has 1 atom stereocenters. The Kier molecular flexibility index (Phi) is 12.8. The molecule has 252 valence electrons. The minimum absolute atomic E-state index is 0.0170. The molecule has 0 radical (unpaired) electrons. The van der Waals surface area contributed by atoms with Gasteiger partial charge in [-0.15, -0.1) is 5.10 Å². The fraction of sp³-hybridized carbons (Fsp3) is 0.273. The minimum Gasteiger partial charge on any atom is -0.478 e. The van der Waals surface area contributed by atoms with Gasteiger partial charge in [0.15, 0.2) is 5.78 Å². The molecule has 3 aromatic carbocycles. The highest BCUT2D eigenvalue weighted by Crippen LogP contribution is 2.48. The average molecular weight is 696 g/mol. The number of carbonyl (C=O) groups is 4. The molecule has 15 heteroatoms. The standard InChI is InChI=1S/C33H35ClN5O8P/c1-3-46-48(45,47-4-2)22-31(41)38(18-16-30(40)27-21-25(34)12-15-28(27)39-19-17-35-37-39)29(20-23-8-6-5-7-9-23)32(42)36-26-13-10-24(11-14-26)33(43)44/h5-15,17,19,21,29H,3-4,16,18,20,22H2,1-2H3,(H,36,42)(H,43,44). The number of nitrogens with one attached hydrogen (secondary N) is 1. The van der Waals surface area contributed by atoms with E-state index in [1.807, 2.05) is 6.07 Å². The van der Waals surface area contributed by atoms with Gasteiger partial charge in [0.05, 0.1) is 36.9 Å². The highest BCUT2D eigenvalue weighted by Gasteiger charge is 2.36. The van der Waals surface area contributed by atoms with Gasteiger partial charge in [-0.2, -0.15) is 0 Å². The molecule has 2 N–H and O–H groups in total. The van der Waals surface area contributed by atoms with Crippen LogP contribution in [0.4, 0.5) is 5.69 Å². The van der Waals surface area contributed by atoms with E-state index in [9.17, 15) is 28.8 Å².